The molecule has 4 aliphatic carbocycles. The average molecular weight is 623 g/mol. The number of Topliss-reactive ketones (excluding diaryl/α,β-unsaturated/α-hetero) is 1. The van der Waals surface area contributed by atoms with Gasteiger partial charge in [-0.2, -0.15) is 0 Å². The van der Waals surface area contributed by atoms with Crippen molar-refractivity contribution >= 4 is 33.1 Å². The summed E-state index contributed by atoms with van der Waals surface area (Å²) < 4.78 is 0. The van der Waals surface area contributed by atoms with Crippen LogP contribution in [0.15, 0.2) is 144 Å². The van der Waals surface area contributed by atoms with Crippen LogP contribution >= 0.6 is 0 Å². The molecule has 0 saturated heterocycles. The van der Waals surface area contributed by atoms with Gasteiger partial charge in [0, 0.05) is 28.6 Å². The number of benzene rings is 5. The van der Waals surface area contributed by atoms with Crippen LogP contribution in [0.25, 0.3) is 21.5 Å². The second kappa shape index (κ2) is 11.0. The fraction of sp³-hybridized carbons (Fsp3) is 0.217. The van der Waals surface area contributed by atoms with E-state index in [0.29, 0.717) is 17.1 Å². The number of ketones is 2. The largest absolute Gasteiger partial charge is 0.290 e. The lowest BCUT2D eigenvalue weighted by Crippen LogP contribution is -2.48. The molecule has 0 aliphatic heterocycles. The molecule has 0 spiro atoms. The third-order valence-electron chi connectivity index (χ3n) is 11.7. The van der Waals surface area contributed by atoms with E-state index < -0.39 is 0 Å². The molecule has 0 amide bonds. The Morgan fingerprint density at radius 2 is 1.38 bits per heavy atom. The van der Waals surface area contributed by atoms with Crippen LogP contribution < -0.4 is 0 Å². The minimum atomic E-state index is -0.365. The van der Waals surface area contributed by atoms with Crippen molar-refractivity contribution in [1.29, 1.82) is 0 Å². The molecular formula is C46H38O2. The first kappa shape index (κ1) is 29.1. The highest BCUT2D eigenvalue weighted by atomic mass is 16.1. The summed E-state index contributed by atoms with van der Waals surface area (Å²) in [7, 11) is 0. The van der Waals surface area contributed by atoms with Gasteiger partial charge in [0.25, 0.3) is 0 Å². The normalized spacial score (nSPS) is 23.4. The summed E-state index contributed by atoms with van der Waals surface area (Å²) in [6.07, 6.45) is 10.2. The quantitative estimate of drug-likeness (QED) is 0.183. The van der Waals surface area contributed by atoms with Crippen LogP contribution in [-0.4, -0.2) is 11.6 Å². The van der Waals surface area contributed by atoms with Gasteiger partial charge >= 0.3 is 0 Å². The van der Waals surface area contributed by atoms with Crippen molar-refractivity contribution in [2.24, 2.45) is 17.8 Å². The standard InChI is InChI=1S/C46H38O2/c1-4-28-21-30-14-7-9-16-32(30)23-37(28)42(36-22-31-15-8-6-13-29(31)20-27(36)3)39-25-40(47)45-43(34-18-10-5-12-26(34)2)35-19-11-17-33-24-38(41(33)35)44(45)46(39)48/h5-23,25,33,38,41-43H,4,24H2,1-3H3. The molecule has 2 nitrogen and oxygen atoms in total. The highest BCUT2D eigenvalue weighted by Gasteiger charge is 2.55. The maximum Gasteiger partial charge on any atom is 0.186 e. The molecule has 0 heterocycles. The summed E-state index contributed by atoms with van der Waals surface area (Å²) in [5.74, 6) is 0.247. The van der Waals surface area contributed by atoms with Crippen molar-refractivity contribution in [3.05, 3.63) is 177 Å². The van der Waals surface area contributed by atoms with E-state index in [0.717, 1.165) is 57.0 Å². The van der Waals surface area contributed by atoms with E-state index in [2.05, 4.69) is 136 Å². The predicted octanol–water partition coefficient (Wildman–Crippen LogP) is 10.2. The summed E-state index contributed by atoms with van der Waals surface area (Å²) in [6, 6.07) is 34.3. The van der Waals surface area contributed by atoms with Gasteiger partial charge in [-0.25, -0.2) is 0 Å². The number of allylic oxidation sites excluding steroid dienone is 8. The minimum absolute atomic E-state index is 0.00696. The number of hydrogen-bond donors (Lipinski definition) is 0. The monoisotopic (exact) mass is 622 g/mol. The smallest absolute Gasteiger partial charge is 0.186 e. The Kier molecular flexibility index (Phi) is 6.66. The fourth-order valence-electron chi connectivity index (χ4n) is 9.43. The molecule has 4 aliphatic rings. The molecule has 5 unspecified atom stereocenters. The number of carbonyl (C=O) groups is 2. The van der Waals surface area contributed by atoms with Crippen molar-refractivity contribution < 1.29 is 9.59 Å². The van der Waals surface area contributed by atoms with E-state index >= 15 is 4.79 Å². The minimum Gasteiger partial charge on any atom is -0.290 e. The molecule has 0 aromatic heterocycles. The molecule has 0 bridgehead atoms. The number of rotatable bonds is 5. The van der Waals surface area contributed by atoms with Crippen molar-refractivity contribution in [3.63, 3.8) is 0 Å². The number of aryl methyl sites for hydroxylation is 3. The number of hydrogen-bond acceptors (Lipinski definition) is 2. The molecule has 0 radical (unpaired) electrons. The first-order valence-corrected chi connectivity index (χ1v) is 17.4. The highest BCUT2D eigenvalue weighted by molar-refractivity contribution is 6.25. The summed E-state index contributed by atoms with van der Waals surface area (Å²) in [5.41, 5.74) is 10.2. The molecule has 0 N–H and O–H groups in total. The van der Waals surface area contributed by atoms with Crippen LogP contribution in [0.5, 0.6) is 0 Å². The van der Waals surface area contributed by atoms with Gasteiger partial charge in [-0.15, -0.1) is 0 Å². The van der Waals surface area contributed by atoms with Crippen LogP contribution in [-0.2, 0) is 16.0 Å². The van der Waals surface area contributed by atoms with E-state index in [-0.39, 0.29) is 35.2 Å². The van der Waals surface area contributed by atoms with Crippen LogP contribution in [0.2, 0.25) is 0 Å². The van der Waals surface area contributed by atoms with E-state index in [1.54, 1.807) is 6.08 Å². The van der Waals surface area contributed by atoms with Gasteiger partial charge in [-0.3, -0.25) is 9.59 Å². The molecule has 1 saturated carbocycles. The van der Waals surface area contributed by atoms with Crippen LogP contribution in [0, 0.1) is 31.6 Å². The lowest BCUT2D eigenvalue weighted by molar-refractivity contribution is -0.117. The van der Waals surface area contributed by atoms with Crippen LogP contribution in [0.4, 0.5) is 0 Å². The van der Waals surface area contributed by atoms with E-state index in [1.807, 2.05) is 0 Å². The molecule has 48 heavy (non-hydrogen) atoms. The lowest BCUT2D eigenvalue weighted by atomic mass is 9.48. The Bertz CT molecular complexity index is 2340. The summed E-state index contributed by atoms with van der Waals surface area (Å²) in [4.78, 5) is 30.2. The van der Waals surface area contributed by atoms with Gasteiger partial charge in [0.15, 0.2) is 11.6 Å². The molecule has 1 fully saturated rings. The van der Waals surface area contributed by atoms with Crippen molar-refractivity contribution in [2.75, 3.05) is 0 Å². The maximum absolute atomic E-state index is 15.4. The molecular weight excluding hydrogens is 585 g/mol. The third-order valence-corrected chi connectivity index (χ3v) is 11.7. The van der Waals surface area contributed by atoms with Gasteiger partial charge in [-0.05, 0) is 118 Å². The van der Waals surface area contributed by atoms with Gasteiger partial charge in [-0.1, -0.05) is 116 Å². The SMILES string of the molecule is CCc1cc2ccccc2cc1C(C1=CC(=O)C2=C(C1=O)C1CC3C=CC=C(C2c2ccccc2C)C31)c1cc2ccccc2cc1C. The van der Waals surface area contributed by atoms with E-state index in [1.165, 1.54) is 21.9 Å². The zero-order valence-corrected chi connectivity index (χ0v) is 27.7. The van der Waals surface area contributed by atoms with Crippen molar-refractivity contribution in [3.8, 4) is 0 Å². The lowest BCUT2D eigenvalue weighted by Gasteiger charge is -2.54. The number of fused-ring (bicyclic) bond motifs is 3. The van der Waals surface area contributed by atoms with Crippen LogP contribution in [0.3, 0.4) is 0 Å². The molecule has 9 rings (SSSR count). The summed E-state index contributed by atoms with van der Waals surface area (Å²) in [6.45, 7) is 6.46. The molecule has 2 heteroatoms. The second-order valence-electron chi connectivity index (χ2n) is 14.2. The van der Waals surface area contributed by atoms with Gasteiger partial charge in [0.1, 0.15) is 0 Å². The Labute approximate surface area is 282 Å². The summed E-state index contributed by atoms with van der Waals surface area (Å²) in [5, 5.41) is 4.65. The zero-order valence-electron chi connectivity index (χ0n) is 27.7. The highest BCUT2D eigenvalue weighted by Crippen LogP contribution is 2.62. The second-order valence-corrected chi connectivity index (χ2v) is 14.2. The first-order valence-electron chi connectivity index (χ1n) is 17.4. The van der Waals surface area contributed by atoms with Gasteiger partial charge < -0.3 is 0 Å². The van der Waals surface area contributed by atoms with E-state index in [4.69, 9.17) is 0 Å². The Morgan fingerprint density at radius 3 is 2.08 bits per heavy atom. The number of carbonyl (C=O) groups excluding carboxylic acids is 2. The molecule has 5 aromatic carbocycles. The first-order chi connectivity index (χ1) is 23.4. The maximum atomic E-state index is 15.4. The Hall–Kier alpha value is -5.08. The van der Waals surface area contributed by atoms with E-state index in [9.17, 15) is 4.79 Å². The third kappa shape index (κ3) is 4.25. The van der Waals surface area contributed by atoms with Crippen molar-refractivity contribution in [1.82, 2.24) is 0 Å². The molecule has 234 valence electrons. The molecule has 5 aromatic rings. The Balaban J connectivity index is 1.28. The average Bonchev–Trinajstić information content (AvgIpc) is 3.09. The Morgan fingerprint density at radius 1 is 0.729 bits per heavy atom. The molecule has 5 atom stereocenters. The topological polar surface area (TPSA) is 34.1 Å². The van der Waals surface area contributed by atoms with Gasteiger partial charge in [0.2, 0.25) is 0 Å². The predicted molar refractivity (Wildman–Crippen MR) is 195 cm³/mol. The zero-order chi connectivity index (χ0) is 32.7. The summed E-state index contributed by atoms with van der Waals surface area (Å²) >= 11 is 0. The fourth-order valence-corrected chi connectivity index (χ4v) is 9.43. The van der Waals surface area contributed by atoms with Gasteiger partial charge in [0.05, 0.1) is 0 Å². The van der Waals surface area contributed by atoms with Crippen LogP contribution in [0.1, 0.15) is 58.6 Å². The van der Waals surface area contributed by atoms with Crippen molar-refractivity contribution in [2.45, 2.75) is 45.4 Å².